The van der Waals surface area contributed by atoms with E-state index in [4.69, 9.17) is 17.4 Å². The topological polar surface area (TPSA) is 55.5 Å². The Morgan fingerprint density at radius 3 is 2.70 bits per heavy atom. The first-order valence-corrected chi connectivity index (χ1v) is 7.98. The Hall–Kier alpha value is -1.30. The van der Waals surface area contributed by atoms with Crippen LogP contribution >= 0.6 is 34.7 Å². The molecule has 0 radical (unpaired) electrons. The number of Topliss-reactive ketones (excluding diaryl/α,β-unsaturated/α-hetero) is 1. The number of carbonyl (C=O) groups is 1. The molecule has 2 N–H and O–H groups in total. The number of aryl methyl sites for hydroxylation is 1. The van der Waals surface area contributed by atoms with E-state index in [1.807, 2.05) is 42.6 Å². The Bertz CT molecular complexity index is 622. The molecule has 0 fully saturated rings. The van der Waals surface area contributed by atoms with Crippen molar-refractivity contribution in [1.29, 1.82) is 0 Å². The molecule has 0 bridgehead atoms. The van der Waals surface area contributed by atoms with Crippen LogP contribution in [-0.2, 0) is 4.79 Å². The van der Waals surface area contributed by atoms with E-state index in [-0.39, 0.29) is 11.0 Å². The lowest BCUT2D eigenvalue weighted by atomic mass is 10.2. The molecule has 2 aromatic rings. The molecule has 20 heavy (non-hydrogen) atoms. The smallest absolute Gasteiger partial charge is 0.194 e. The molecule has 6 heteroatoms. The summed E-state index contributed by atoms with van der Waals surface area (Å²) in [5.41, 5.74) is 1.14. The summed E-state index contributed by atoms with van der Waals surface area (Å²) in [7, 11) is 0. The Balaban J connectivity index is 2.27. The van der Waals surface area contributed by atoms with E-state index in [9.17, 15) is 4.79 Å². The van der Waals surface area contributed by atoms with Crippen LogP contribution in [0, 0.1) is 6.92 Å². The van der Waals surface area contributed by atoms with Gasteiger partial charge < -0.3 is 5.84 Å². The molecule has 0 saturated carbocycles. The molecule has 104 valence electrons. The van der Waals surface area contributed by atoms with Crippen molar-refractivity contribution >= 4 is 46.7 Å². The zero-order chi connectivity index (χ0) is 14.5. The molecule has 0 aliphatic rings. The van der Waals surface area contributed by atoms with Crippen LogP contribution in [0.15, 0.2) is 45.7 Å². The van der Waals surface area contributed by atoms with Crippen molar-refractivity contribution in [3.63, 3.8) is 0 Å². The minimum atomic E-state index is -0.331. The highest BCUT2D eigenvalue weighted by Crippen LogP contribution is 2.38. The van der Waals surface area contributed by atoms with E-state index in [0.29, 0.717) is 5.02 Å². The van der Waals surface area contributed by atoms with Gasteiger partial charge in [0.2, 0.25) is 0 Å². The Labute approximate surface area is 130 Å². The first kappa shape index (κ1) is 15.1. The summed E-state index contributed by atoms with van der Waals surface area (Å²) < 4.78 is 0. The van der Waals surface area contributed by atoms with E-state index in [2.05, 4.69) is 5.10 Å². The number of nitrogens with two attached hydrogens (primary N) is 1. The van der Waals surface area contributed by atoms with Crippen molar-refractivity contribution in [2.45, 2.75) is 17.1 Å². The Kier molecular flexibility index (Phi) is 5.23. The van der Waals surface area contributed by atoms with Crippen LogP contribution < -0.4 is 5.84 Å². The van der Waals surface area contributed by atoms with Gasteiger partial charge in [-0.05, 0) is 48.2 Å². The first-order chi connectivity index (χ1) is 9.60. The lowest BCUT2D eigenvalue weighted by Crippen LogP contribution is -2.10. The van der Waals surface area contributed by atoms with Crippen LogP contribution in [0.1, 0.15) is 15.7 Å². The molecule has 1 atom stereocenters. The number of hydrogen-bond donors (Lipinski definition) is 1. The largest absolute Gasteiger partial charge is 0.323 e. The third-order valence-electron chi connectivity index (χ3n) is 2.54. The number of thiophene rings is 1. The van der Waals surface area contributed by atoms with Crippen molar-refractivity contribution in [3.8, 4) is 0 Å². The molecule has 0 spiro atoms. The maximum absolute atomic E-state index is 12.2. The van der Waals surface area contributed by atoms with E-state index in [1.54, 1.807) is 11.3 Å². The summed E-state index contributed by atoms with van der Waals surface area (Å²) in [6.45, 7) is 2.01. The maximum atomic E-state index is 12.2. The maximum Gasteiger partial charge on any atom is 0.194 e. The Morgan fingerprint density at radius 2 is 2.15 bits per heavy atom. The molecule has 1 heterocycles. The molecule has 0 aliphatic heterocycles. The third kappa shape index (κ3) is 3.85. The van der Waals surface area contributed by atoms with Crippen molar-refractivity contribution in [2.24, 2.45) is 10.9 Å². The van der Waals surface area contributed by atoms with Crippen molar-refractivity contribution in [1.82, 2.24) is 0 Å². The van der Waals surface area contributed by atoms with Gasteiger partial charge in [-0.1, -0.05) is 11.6 Å². The fourth-order valence-electron chi connectivity index (χ4n) is 1.64. The zero-order valence-corrected chi connectivity index (χ0v) is 13.1. The van der Waals surface area contributed by atoms with Crippen molar-refractivity contribution in [3.05, 3.63) is 51.2 Å². The second kappa shape index (κ2) is 6.92. The number of hydrazone groups is 1. The predicted molar refractivity (Wildman–Crippen MR) is 86.8 cm³/mol. The highest BCUT2D eigenvalue weighted by Gasteiger charge is 2.22. The van der Waals surface area contributed by atoms with Gasteiger partial charge in [-0.2, -0.15) is 5.10 Å². The molecule has 0 amide bonds. The second-order valence-electron chi connectivity index (χ2n) is 4.16. The highest BCUT2D eigenvalue weighted by atomic mass is 35.5. The van der Waals surface area contributed by atoms with E-state index < -0.39 is 0 Å². The minimum Gasteiger partial charge on any atom is -0.323 e. The Morgan fingerprint density at radius 1 is 1.45 bits per heavy atom. The summed E-state index contributed by atoms with van der Waals surface area (Å²) >= 11 is 8.90. The van der Waals surface area contributed by atoms with Crippen LogP contribution in [0.3, 0.4) is 0 Å². The van der Waals surface area contributed by atoms with Gasteiger partial charge in [0.15, 0.2) is 5.78 Å². The van der Waals surface area contributed by atoms with Gasteiger partial charge >= 0.3 is 0 Å². The van der Waals surface area contributed by atoms with Crippen LogP contribution in [-0.4, -0.2) is 12.0 Å². The number of ketones is 1. The summed E-state index contributed by atoms with van der Waals surface area (Å²) in [5.74, 6) is 4.97. The summed E-state index contributed by atoms with van der Waals surface area (Å²) in [5, 5.41) is 5.71. The standard InChI is InChI=1S/C14H13ClN2OS2/c1-9-6-13(19-8-9)14(12(18)7-17-16)20-11-4-2-10(15)3-5-11/h2-8,14H,16H2,1H3. The van der Waals surface area contributed by atoms with Gasteiger partial charge in [0, 0.05) is 14.8 Å². The molecule has 0 saturated heterocycles. The third-order valence-corrected chi connectivity index (χ3v) is 5.32. The van der Waals surface area contributed by atoms with Gasteiger partial charge in [0.05, 0.1) is 6.21 Å². The number of thioether (sulfide) groups is 1. The van der Waals surface area contributed by atoms with Crippen LogP contribution in [0.5, 0.6) is 0 Å². The number of nitrogens with zero attached hydrogens (tertiary/aromatic N) is 1. The molecular weight excluding hydrogens is 312 g/mol. The van der Waals surface area contributed by atoms with Gasteiger partial charge in [-0.15, -0.1) is 23.1 Å². The first-order valence-electron chi connectivity index (χ1n) is 5.84. The summed E-state index contributed by atoms with van der Waals surface area (Å²) in [6.07, 6.45) is 1.17. The monoisotopic (exact) mass is 324 g/mol. The van der Waals surface area contributed by atoms with E-state index >= 15 is 0 Å². The summed E-state index contributed by atoms with van der Waals surface area (Å²) in [6, 6.07) is 9.42. The molecule has 1 aromatic carbocycles. The molecular formula is C14H13ClN2OS2. The normalized spacial score (nSPS) is 12.7. The average molecular weight is 325 g/mol. The molecule has 0 aliphatic carbocycles. The minimum absolute atomic E-state index is 0.116. The number of rotatable bonds is 5. The zero-order valence-electron chi connectivity index (χ0n) is 10.7. The van der Waals surface area contributed by atoms with E-state index in [0.717, 1.165) is 15.3 Å². The van der Waals surface area contributed by atoms with Gasteiger partial charge in [0.1, 0.15) is 5.25 Å². The van der Waals surface area contributed by atoms with Crippen LogP contribution in [0.4, 0.5) is 0 Å². The molecule has 2 rings (SSSR count). The number of carbonyl (C=O) groups excluding carboxylic acids is 1. The summed E-state index contributed by atoms with van der Waals surface area (Å²) in [4.78, 5) is 14.1. The van der Waals surface area contributed by atoms with Crippen LogP contribution in [0.25, 0.3) is 0 Å². The average Bonchev–Trinajstić information content (AvgIpc) is 2.84. The fourth-order valence-corrected chi connectivity index (χ4v) is 3.88. The van der Waals surface area contributed by atoms with Crippen molar-refractivity contribution in [2.75, 3.05) is 0 Å². The SMILES string of the molecule is Cc1csc(C(Sc2ccc(Cl)cc2)C(=O)C=NN)c1. The molecule has 1 unspecified atom stereocenters. The van der Waals surface area contributed by atoms with Crippen molar-refractivity contribution < 1.29 is 4.79 Å². The van der Waals surface area contributed by atoms with E-state index in [1.165, 1.54) is 18.0 Å². The second-order valence-corrected chi connectivity index (χ2v) is 6.72. The lowest BCUT2D eigenvalue weighted by Gasteiger charge is -2.11. The quantitative estimate of drug-likeness (QED) is 0.390. The number of benzene rings is 1. The van der Waals surface area contributed by atoms with Crippen LogP contribution in [0.2, 0.25) is 5.02 Å². The van der Waals surface area contributed by atoms with Gasteiger partial charge in [-0.25, -0.2) is 0 Å². The van der Waals surface area contributed by atoms with Gasteiger partial charge in [0.25, 0.3) is 0 Å². The van der Waals surface area contributed by atoms with Gasteiger partial charge in [-0.3, -0.25) is 4.79 Å². The predicted octanol–water partition coefficient (Wildman–Crippen LogP) is 4.06. The number of hydrogen-bond acceptors (Lipinski definition) is 5. The highest BCUT2D eigenvalue weighted by molar-refractivity contribution is 8.00. The number of halogens is 1. The fraction of sp³-hybridized carbons (Fsp3) is 0.143. The molecule has 3 nitrogen and oxygen atoms in total. The molecule has 1 aromatic heterocycles. The lowest BCUT2D eigenvalue weighted by molar-refractivity contribution is -0.112.